The number of fused-ring (bicyclic) bond motifs is 1. The Hall–Kier alpha value is 0. The van der Waals surface area contributed by atoms with E-state index in [-0.39, 0.29) is 0 Å². The van der Waals surface area contributed by atoms with Gasteiger partial charge in [-0.3, -0.25) is 0 Å². The summed E-state index contributed by atoms with van der Waals surface area (Å²) in [4.78, 5) is 0. The maximum Gasteiger partial charge on any atom is -0.0290 e. The fourth-order valence-corrected chi connectivity index (χ4v) is 6.80. The zero-order valence-electron chi connectivity index (χ0n) is 14.5. The zero-order valence-corrected chi connectivity index (χ0v) is 14.5. The van der Waals surface area contributed by atoms with Crippen LogP contribution in [0, 0.1) is 46.8 Å². The monoisotopic (exact) mass is 276 g/mol. The quantitative estimate of drug-likeness (QED) is 0.538. The van der Waals surface area contributed by atoms with Crippen LogP contribution < -0.4 is 0 Å². The normalized spacial score (nSPS) is 51.8. The van der Waals surface area contributed by atoms with Gasteiger partial charge >= 0.3 is 0 Å². The summed E-state index contributed by atoms with van der Waals surface area (Å²) in [6, 6.07) is 0. The molecule has 0 heterocycles. The molecule has 0 aliphatic heterocycles. The molecule has 0 aromatic heterocycles. The van der Waals surface area contributed by atoms with Gasteiger partial charge in [-0.1, -0.05) is 53.9 Å². The highest BCUT2D eigenvalue weighted by molar-refractivity contribution is 5.04. The van der Waals surface area contributed by atoms with Gasteiger partial charge in [0.05, 0.1) is 0 Å². The molecule has 0 aromatic rings. The number of hydrogen-bond acceptors (Lipinski definition) is 0. The molecule has 3 aliphatic carbocycles. The first-order chi connectivity index (χ1) is 9.41. The van der Waals surface area contributed by atoms with E-state index in [9.17, 15) is 0 Å². The summed E-state index contributed by atoms with van der Waals surface area (Å²) in [5.41, 5.74) is 0.607. The van der Waals surface area contributed by atoms with Crippen LogP contribution in [0.15, 0.2) is 0 Å². The molecule has 5 unspecified atom stereocenters. The van der Waals surface area contributed by atoms with Crippen molar-refractivity contribution in [1.82, 2.24) is 0 Å². The van der Waals surface area contributed by atoms with Crippen molar-refractivity contribution in [1.29, 1.82) is 0 Å². The Morgan fingerprint density at radius 1 is 0.750 bits per heavy atom. The molecule has 116 valence electrons. The maximum absolute atomic E-state index is 2.63. The van der Waals surface area contributed by atoms with Gasteiger partial charge in [0, 0.05) is 0 Å². The Balaban J connectivity index is 1.80. The molecule has 3 saturated carbocycles. The Bertz CT molecular complexity index is 334. The Labute approximate surface area is 127 Å². The first kappa shape index (κ1) is 14.9. The van der Waals surface area contributed by atoms with Crippen molar-refractivity contribution in [2.75, 3.05) is 0 Å². The van der Waals surface area contributed by atoms with E-state index in [0.717, 1.165) is 41.4 Å². The highest BCUT2D eigenvalue weighted by Crippen LogP contribution is 2.63. The lowest BCUT2D eigenvalue weighted by Crippen LogP contribution is -2.34. The lowest BCUT2D eigenvalue weighted by Gasteiger charge is -2.42. The molecule has 3 aliphatic rings. The van der Waals surface area contributed by atoms with Crippen LogP contribution in [0.1, 0.15) is 79.6 Å². The largest absolute Gasteiger partial charge is 0.0625 e. The van der Waals surface area contributed by atoms with Gasteiger partial charge in [-0.15, -0.1) is 0 Å². The van der Waals surface area contributed by atoms with Gasteiger partial charge in [0.1, 0.15) is 0 Å². The van der Waals surface area contributed by atoms with E-state index in [4.69, 9.17) is 0 Å². The lowest BCUT2D eigenvalue weighted by molar-refractivity contribution is 0.0697. The first-order valence-electron chi connectivity index (χ1n) is 9.41. The van der Waals surface area contributed by atoms with E-state index in [2.05, 4.69) is 34.6 Å². The third kappa shape index (κ3) is 2.35. The van der Waals surface area contributed by atoms with Crippen LogP contribution in [0.5, 0.6) is 0 Å². The minimum Gasteiger partial charge on any atom is -0.0625 e. The summed E-state index contributed by atoms with van der Waals surface area (Å²) in [7, 11) is 0. The Morgan fingerprint density at radius 3 is 2.00 bits per heavy atom. The van der Waals surface area contributed by atoms with Crippen molar-refractivity contribution in [3.63, 3.8) is 0 Å². The Morgan fingerprint density at radius 2 is 1.35 bits per heavy atom. The second-order valence-electron chi connectivity index (χ2n) is 9.41. The van der Waals surface area contributed by atoms with Crippen molar-refractivity contribution in [3.8, 4) is 0 Å². The van der Waals surface area contributed by atoms with Gasteiger partial charge in [0.15, 0.2) is 0 Å². The highest BCUT2D eigenvalue weighted by Gasteiger charge is 2.56. The smallest absolute Gasteiger partial charge is 0.0290 e. The van der Waals surface area contributed by atoms with Gasteiger partial charge in [0.2, 0.25) is 0 Å². The summed E-state index contributed by atoms with van der Waals surface area (Å²) in [5, 5.41) is 0. The van der Waals surface area contributed by atoms with E-state index in [0.29, 0.717) is 5.41 Å². The van der Waals surface area contributed by atoms with Gasteiger partial charge < -0.3 is 0 Å². The van der Waals surface area contributed by atoms with Gasteiger partial charge in [-0.05, 0) is 72.5 Å². The van der Waals surface area contributed by atoms with Crippen molar-refractivity contribution in [2.24, 2.45) is 46.8 Å². The second kappa shape index (κ2) is 5.33. The fourth-order valence-electron chi connectivity index (χ4n) is 6.80. The van der Waals surface area contributed by atoms with Crippen molar-refractivity contribution >= 4 is 0 Å². The molecule has 3 fully saturated rings. The lowest BCUT2D eigenvalue weighted by atomic mass is 9.63. The third-order valence-electron chi connectivity index (χ3n) is 7.79. The summed E-state index contributed by atoms with van der Waals surface area (Å²) >= 11 is 0. The van der Waals surface area contributed by atoms with E-state index in [1.807, 2.05) is 0 Å². The molecule has 0 heteroatoms. The first-order valence-corrected chi connectivity index (χ1v) is 9.41. The predicted octanol–water partition coefficient (Wildman–Crippen LogP) is 6.16. The van der Waals surface area contributed by atoms with Crippen LogP contribution in [0.2, 0.25) is 0 Å². The third-order valence-corrected chi connectivity index (χ3v) is 7.79. The molecule has 0 saturated heterocycles. The molecule has 0 N–H and O–H groups in total. The molecule has 0 amide bonds. The van der Waals surface area contributed by atoms with Crippen LogP contribution in [0.25, 0.3) is 0 Å². The van der Waals surface area contributed by atoms with E-state index >= 15 is 0 Å². The molecular formula is C20H36. The SMILES string of the molecule is CC1CCC(C2C(C)C3CC(C)CCC3C2(C)C)CC1. The molecule has 0 bridgehead atoms. The molecule has 0 spiro atoms. The topological polar surface area (TPSA) is 0 Å². The fraction of sp³-hybridized carbons (Fsp3) is 1.00. The highest BCUT2D eigenvalue weighted by atomic mass is 14.6. The summed E-state index contributed by atoms with van der Waals surface area (Å²) < 4.78 is 0. The van der Waals surface area contributed by atoms with Crippen LogP contribution >= 0.6 is 0 Å². The van der Waals surface area contributed by atoms with E-state index < -0.39 is 0 Å². The van der Waals surface area contributed by atoms with Crippen LogP contribution in [-0.2, 0) is 0 Å². The van der Waals surface area contributed by atoms with Crippen molar-refractivity contribution in [3.05, 3.63) is 0 Å². The predicted molar refractivity (Wildman–Crippen MR) is 87.6 cm³/mol. The summed E-state index contributed by atoms with van der Waals surface area (Å²) in [6.07, 6.45) is 10.6. The van der Waals surface area contributed by atoms with E-state index in [1.54, 1.807) is 0 Å². The maximum atomic E-state index is 2.63. The van der Waals surface area contributed by atoms with Crippen molar-refractivity contribution in [2.45, 2.75) is 79.6 Å². The van der Waals surface area contributed by atoms with Crippen LogP contribution in [0.4, 0.5) is 0 Å². The zero-order chi connectivity index (χ0) is 14.5. The second-order valence-corrected chi connectivity index (χ2v) is 9.41. The summed E-state index contributed by atoms with van der Waals surface area (Å²) in [5.74, 6) is 7.08. The Kier molecular flexibility index (Phi) is 3.97. The summed E-state index contributed by atoms with van der Waals surface area (Å²) in [6.45, 7) is 12.8. The molecule has 5 atom stereocenters. The van der Waals surface area contributed by atoms with Gasteiger partial charge in [0.25, 0.3) is 0 Å². The molecular weight excluding hydrogens is 240 g/mol. The standard InChI is InChI=1S/C20H36/c1-13-6-9-16(10-7-13)19-15(3)17-12-14(2)8-11-18(17)20(19,4)5/h13-19H,6-12H2,1-5H3. The average Bonchev–Trinajstić information content (AvgIpc) is 2.58. The minimum atomic E-state index is 0.607. The molecule has 0 nitrogen and oxygen atoms in total. The van der Waals surface area contributed by atoms with Crippen LogP contribution in [-0.4, -0.2) is 0 Å². The van der Waals surface area contributed by atoms with Crippen molar-refractivity contribution < 1.29 is 0 Å². The minimum absolute atomic E-state index is 0.607. The van der Waals surface area contributed by atoms with Gasteiger partial charge in [-0.2, -0.15) is 0 Å². The van der Waals surface area contributed by atoms with Crippen LogP contribution in [0.3, 0.4) is 0 Å². The molecule has 3 rings (SSSR count). The molecule has 0 radical (unpaired) electrons. The molecule has 20 heavy (non-hydrogen) atoms. The number of hydrogen-bond donors (Lipinski definition) is 0. The molecule has 0 aromatic carbocycles. The average molecular weight is 277 g/mol. The van der Waals surface area contributed by atoms with E-state index in [1.165, 1.54) is 44.9 Å². The van der Waals surface area contributed by atoms with Gasteiger partial charge in [-0.25, -0.2) is 0 Å². The number of rotatable bonds is 1.